The van der Waals surface area contributed by atoms with Crippen molar-refractivity contribution in [3.8, 4) is 0 Å². The predicted molar refractivity (Wildman–Crippen MR) is 85.8 cm³/mol. The molecule has 0 saturated carbocycles. The van der Waals surface area contributed by atoms with Gasteiger partial charge in [0.05, 0.1) is 5.56 Å². The molecule has 2 atom stereocenters. The summed E-state index contributed by atoms with van der Waals surface area (Å²) in [6.45, 7) is 4.06. The van der Waals surface area contributed by atoms with E-state index in [1.165, 1.54) is 11.3 Å². The maximum Gasteiger partial charge on any atom is 0.326 e. The lowest BCUT2D eigenvalue weighted by Crippen LogP contribution is -2.40. The van der Waals surface area contributed by atoms with Crippen molar-refractivity contribution in [2.24, 2.45) is 0 Å². The minimum atomic E-state index is -1.09. The predicted octanol–water partition coefficient (Wildman–Crippen LogP) is 1.77. The number of carboxylic acids is 1. The molecule has 0 bridgehead atoms. The number of ether oxygens (including phenoxy) is 1. The van der Waals surface area contributed by atoms with Crippen LogP contribution in [-0.2, 0) is 14.3 Å². The molecule has 8 heteroatoms. The minimum absolute atomic E-state index is 0.274. The molecule has 126 valence electrons. The van der Waals surface area contributed by atoms with Crippen LogP contribution in [0.3, 0.4) is 0 Å². The van der Waals surface area contributed by atoms with Gasteiger partial charge in [0.2, 0.25) is 0 Å². The van der Waals surface area contributed by atoms with Gasteiger partial charge in [-0.15, -0.1) is 11.3 Å². The van der Waals surface area contributed by atoms with Crippen molar-refractivity contribution in [2.75, 3.05) is 11.9 Å². The van der Waals surface area contributed by atoms with Gasteiger partial charge in [-0.2, -0.15) is 0 Å². The molecule has 1 aliphatic rings. The summed E-state index contributed by atoms with van der Waals surface area (Å²) in [4.78, 5) is 36.3. The van der Waals surface area contributed by atoms with Crippen molar-refractivity contribution < 1.29 is 24.2 Å². The van der Waals surface area contributed by atoms with E-state index in [2.05, 4.69) is 10.6 Å². The molecule has 0 spiro atoms. The second-order valence-electron chi connectivity index (χ2n) is 5.36. The van der Waals surface area contributed by atoms with E-state index >= 15 is 0 Å². The smallest absolute Gasteiger partial charge is 0.326 e. The molecule has 2 amide bonds. The molecule has 1 aromatic heterocycles. The molecule has 2 heterocycles. The SMILES string of the molecule is CCC(NC(=O)c1cc(C)sc1NC(=O)C1CCCO1)C(=O)O. The second-order valence-corrected chi connectivity index (χ2v) is 6.62. The van der Waals surface area contributed by atoms with Gasteiger partial charge >= 0.3 is 5.97 Å². The first-order valence-electron chi connectivity index (χ1n) is 7.49. The third-order valence-electron chi connectivity index (χ3n) is 3.57. The standard InChI is InChI=1S/C15H20N2O5S/c1-3-10(15(20)21)16-12(18)9-7-8(2)23-14(9)17-13(19)11-5-4-6-22-11/h7,10-11H,3-6H2,1-2H3,(H,16,18)(H,17,19)(H,20,21). The number of amides is 2. The highest BCUT2D eigenvalue weighted by Gasteiger charge is 2.27. The maximum absolute atomic E-state index is 12.3. The monoisotopic (exact) mass is 340 g/mol. The molecule has 23 heavy (non-hydrogen) atoms. The first-order chi connectivity index (χ1) is 10.9. The second kappa shape index (κ2) is 7.56. The number of rotatable bonds is 6. The Hall–Kier alpha value is -1.93. The summed E-state index contributed by atoms with van der Waals surface area (Å²) in [6.07, 6.45) is 1.29. The third-order valence-corrected chi connectivity index (χ3v) is 4.54. The summed E-state index contributed by atoms with van der Waals surface area (Å²) in [5.41, 5.74) is 0.276. The molecular weight excluding hydrogens is 320 g/mol. The van der Waals surface area contributed by atoms with E-state index in [-0.39, 0.29) is 17.9 Å². The molecule has 2 rings (SSSR count). The largest absolute Gasteiger partial charge is 0.480 e. The highest BCUT2D eigenvalue weighted by atomic mass is 32.1. The number of hydrogen-bond donors (Lipinski definition) is 3. The lowest BCUT2D eigenvalue weighted by atomic mass is 10.2. The van der Waals surface area contributed by atoms with Gasteiger partial charge in [-0.1, -0.05) is 6.92 Å². The van der Waals surface area contributed by atoms with E-state index in [0.29, 0.717) is 18.0 Å². The minimum Gasteiger partial charge on any atom is -0.480 e. The van der Waals surface area contributed by atoms with Crippen molar-refractivity contribution in [1.82, 2.24) is 5.32 Å². The van der Waals surface area contributed by atoms with Crippen molar-refractivity contribution in [2.45, 2.75) is 45.3 Å². The summed E-state index contributed by atoms with van der Waals surface area (Å²) in [6, 6.07) is 0.684. The maximum atomic E-state index is 12.3. The first-order valence-corrected chi connectivity index (χ1v) is 8.30. The Balaban J connectivity index is 2.11. The third kappa shape index (κ3) is 4.29. The molecule has 1 aliphatic heterocycles. The molecule has 7 nitrogen and oxygen atoms in total. The van der Waals surface area contributed by atoms with Crippen LogP contribution in [0, 0.1) is 6.92 Å². The molecule has 1 saturated heterocycles. The van der Waals surface area contributed by atoms with E-state index in [1.54, 1.807) is 13.0 Å². The van der Waals surface area contributed by atoms with Crippen LogP contribution >= 0.6 is 11.3 Å². The van der Waals surface area contributed by atoms with Crippen LogP contribution in [0.25, 0.3) is 0 Å². The molecule has 0 aliphatic carbocycles. The van der Waals surface area contributed by atoms with Gasteiger partial charge in [0.1, 0.15) is 17.1 Å². The lowest BCUT2D eigenvalue weighted by Gasteiger charge is -2.13. The molecule has 3 N–H and O–H groups in total. The zero-order valence-corrected chi connectivity index (χ0v) is 13.9. The van der Waals surface area contributed by atoms with E-state index < -0.39 is 24.0 Å². The van der Waals surface area contributed by atoms with E-state index in [9.17, 15) is 14.4 Å². The van der Waals surface area contributed by atoms with E-state index in [4.69, 9.17) is 9.84 Å². The van der Waals surface area contributed by atoms with Crippen molar-refractivity contribution in [1.29, 1.82) is 0 Å². The number of hydrogen-bond acceptors (Lipinski definition) is 5. The zero-order valence-electron chi connectivity index (χ0n) is 13.0. The van der Waals surface area contributed by atoms with Crippen LogP contribution < -0.4 is 10.6 Å². The number of carboxylic acid groups (broad SMARTS) is 1. The van der Waals surface area contributed by atoms with Gasteiger partial charge < -0.3 is 20.5 Å². The fourth-order valence-corrected chi connectivity index (χ4v) is 3.24. The Kier molecular flexibility index (Phi) is 5.73. The fraction of sp³-hybridized carbons (Fsp3) is 0.533. The molecular formula is C15H20N2O5S. The first kappa shape index (κ1) is 17.4. The Morgan fingerprint density at radius 3 is 2.78 bits per heavy atom. The highest BCUT2D eigenvalue weighted by molar-refractivity contribution is 7.16. The van der Waals surface area contributed by atoms with Crippen LogP contribution in [0.15, 0.2) is 6.07 Å². The number of carbonyl (C=O) groups is 3. The van der Waals surface area contributed by atoms with Crippen LogP contribution in [0.1, 0.15) is 41.4 Å². The lowest BCUT2D eigenvalue weighted by molar-refractivity contribution is -0.139. The van der Waals surface area contributed by atoms with Gasteiger partial charge in [0.15, 0.2) is 0 Å². The highest BCUT2D eigenvalue weighted by Crippen LogP contribution is 2.28. The van der Waals surface area contributed by atoms with Crippen molar-refractivity contribution >= 4 is 34.1 Å². The van der Waals surface area contributed by atoms with Crippen molar-refractivity contribution in [3.05, 3.63) is 16.5 Å². The molecule has 0 radical (unpaired) electrons. The van der Waals surface area contributed by atoms with Gasteiger partial charge in [-0.3, -0.25) is 9.59 Å². The molecule has 2 unspecified atom stereocenters. The summed E-state index contributed by atoms with van der Waals surface area (Å²) >= 11 is 1.28. The zero-order chi connectivity index (χ0) is 17.0. The average molecular weight is 340 g/mol. The summed E-state index contributed by atoms with van der Waals surface area (Å²) in [5, 5.41) is 14.6. The van der Waals surface area contributed by atoms with Crippen molar-refractivity contribution in [3.63, 3.8) is 0 Å². The van der Waals surface area contributed by atoms with Gasteiger partial charge in [0.25, 0.3) is 11.8 Å². The quantitative estimate of drug-likeness (QED) is 0.732. The summed E-state index contributed by atoms with van der Waals surface area (Å²) in [5.74, 6) is -1.87. The summed E-state index contributed by atoms with van der Waals surface area (Å²) in [7, 11) is 0. The van der Waals surface area contributed by atoms with Gasteiger partial charge in [-0.25, -0.2) is 4.79 Å². The fourth-order valence-electron chi connectivity index (χ4n) is 2.33. The van der Waals surface area contributed by atoms with E-state index in [1.807, 2.05) is 6.92 Å². The van der Waals surface area contributed by atoms with Gasteiger partial charge in [0, 0.05) is 11.5 Å². The summed E-state index contributed by atoms with van der Waals surface area (Å²) < 4.78 is 5.32. The Labute approximate surface area is 138 Å². The normalized spacial score (nSPS) is 18.4. The molecule has 0 aromatic carbocycles. The Morgan fingerprint density at radius 2 is 2.22 bits per heavy atom. The van der Waals surface area contributed by atoms with Crippen LogP contribution in [0.4, 0.5) is 5.00 Å². The van der Waals surface area contributed by atoms with E-state index in [0.717, 1.165) is 11.3 Å². The number of aliphatic carboxylic acids is 1. The Bertz CT molecular complexity index is 607. The number of anilines is 1. The van der Waals surface area contributed by atoms with Crippen LogP contribution in [0.2, 0.25) is 0 Å². The average Bonchev–Trinajstić information content (AvgIpc) is 3.13. The number of carbonyl (C=O) groups excluding carboxylic acids is 2. The topological polar surface area (TPSA) is 105 Å². The molecule has 1 aromatic rings. The number of thiophene rings is 1. The van der Waals surface area contributed by atoms with Crippen LogP contribution in [-0.4, -0.2) is 41.6 Å². The van der Waals surface area contributed by atoms with Crippen LogP contribution in [0.5, 0.6) is 0 Å². The Morgan fingerprint density at radius 1 is 1.48 bits per heavy atom. The number of aryl methyl sites for hydroxylation is 1. The number of nitrogens with one attached hydrogen (secondary N) is 2. The van der Waals surface area contributed by atoms with Gasteiger partial charge in [-0.05, 0) is 32.3 Å². The molecule has 1 fully saturated rings.